The summed E-state index contributed by atoms with van der Waals surface area (Å²) in [5, 5.41) is 2.99. The summed E-state index contributed by atoms with van der Waals surface area (Å²) >= 11 is 0. The summed E-state index contributed by atoms with van der Waals surface area (Å²) in [6.07, 6.45) is 2.64. The highest BCUT2D eigenvalue weighted by Crippen LogP contribution is 2.25. The first-order chi connectivity index (χ1) is 13.0. The quantitative estimate of drug-likeness (QED) is 0.879. The van der Waals surface area contributed by atoms with Gasteiger partial charge in [-0.15, -0.1) is 0 Å². The van der Waals surface area contributed by atoms with Gasteiger partial charge in [-0.3, -0.25) is 9.78 Å². The van der Waals surface area contributed by atoms with Crippen molar-refractivity contribution in [3.63, 3.8) is 0 Å². The molecule has 144 valence electrons. The van der Waals surface area contributed by atoms with Crippen molar-refractivity contribution >= 4 is 17.3 Å². The van der Waals surface area contributed by atoms with Gasteiger partial charge in [0.15, 0.2) is 0 Å². The molecule has 27 heavy (non-hydrogen) atoms. The molecule has 0 saturated carbocycles. The highest BCUT2D eigenvalue weighted by Gasteiger charge is 2.20. The van der Waals surface area contributed by atoms with Gasteiger partial charge in [0.2, 0.25) is 0 Å². The molecule has 1 fully saturated rings. The molecule has 1 aromatic carbocycles. The number of piperazine rings is 1. The summed E-state index contributed by atoms with van der Waals surface area (Å²) in [7, 11) is 0. The molecule has 1 amide bonds. The number of pyridine rings is 1. The molecule has 1 aliphatic rings. The number of carbonyl (C=O) groups excluding carboxylic acids is 1. The lowest BCUT2D eigenvalue weighted by Crippen LogP contribution is -2.47. The fraction of sp³-hybridized carbons (Fsp3) is 0.455. The lowest BCUT2D eigenvalue weighted by Gasteiger charge is -2.38. The second-order valence-corrected chi connectivity index (χ2v) is 7.38. The maximum Gasteiger partial charge on any atom is 0.270 e. The van der Waals surface area contributed by atoms with E-state index in [1.54, 1.807) is 6.20 Å². The molecule has 0 radical (unpaired) electrons. The number of hydrogen-bond acceptors (Lipinski definition) is 4. The van der Waals surface area contributed by atoms with Gasteiger partial charge in [0.05, 0.1) is 0 Å². The van der Waals surface area contributed by atoms with Gasteiger partial charge in [0.25, 0.3) is 5.91 Å². The summed E-state index contributed by atoms with van der Waals surface area (Å²) in [5.74, 6) is -0.0970. The monoisotopic (exact) mass is 366 g/mol. The molecule has 2 heterocycles. The summed E-state index contributed by atoms with van der Waals surface area (Å²) in [5.41, 5.74) is 5.59. The Labute approximate surface area is 162 Å². The Morgan fingerprint density at radius 2 is 1.85 bits per heavy atom. The van der Waals surface area contributed by atoms with E-state index in [9.17, 15) is 4.79 Å². The van der Waals surface area contributed by atoms with Crippen LogP contribution in [0.4, 0.5) is 11.4 Å². The van der Waals surface area contributed by atoms with Crippen LogP contribution in [0.5, 0.6) is 0 Å². The van der Waals surface area contributed by atoms with E-state index in [1.165, 1.54) is 16.8 Å². The first-order valence-corrected chi connectivity index (χ1v) is 9.82. The van der Waals surface area contributed by atoms with Gasteiger partial charge in [0.1, 0.15) is 5.69 Å². The Bertz CT molecular complexity index is 797. The minimum atomic E-state index is -0.0970. The number of anilines is 2. The molecule has 1 aliphatic heterocycles. The van der Waals surface area contributed by atoms with Gasteiger partial charge in [-0.05, 0) is 56.5 Å². The molecule has 1 unspecified atom stereocenters. The van der Waals surface area contributed by atoms with Crippen LogP contribution in [0, 0.1) is 13.8 Å². The Balaban J connectivity index is 1.67. The van der Waals surface area contributed by atoms with Gasteiger partial charge in [0, 0.05) is 49.8 Å². The summed E-state index contributed by atoms with van der Waals surface area (Å²) < 4.78 is 0. The number of nitrogens with zero attached hydrogens (tertiary/aromatic N) is 3. The molecule has 2 aromatic rings. The van der Waals surface area contributed by atoms with Crippen LogP contribution >= 0.6 is 0 Å². The zero-order valence-corrected chi connectivity index (χ0v) is 16.8. The molecule has 5 heteroatoms. The van der Waals surface area contributed by atoms with Gasteiger partial charge in [-0.2, -0.15) is 0 Å². The lowest BCUT2D eigenvalue weighted by atomic mass is 10.1. The van der Waals surface area contributed by atoms with E-state index in [2.05, 4.69) is 59.1 Å². The van der Waals surface area contributed by atoms with Crippen molar-refractivity contribution < 1.29 is 4.79 Å². The molecule has 3 rings (SSSR count). The van der Waals surface area contributed by atoms with E-state index in [4.69, 9.17) is 0 Å². The molecule has 0 aliphatic carbocycles. The summed E-state index contributed by atoms with van der Waals surface area (Å²) in [6.45, 7) is 12.2. The predicted octanol–water partition coefficient (Wildman–Crippen LogP) is 3.55. The van der Waals surface area contributed by atoms with Gasteiger partial charge >= 0.3 is 0 Å². The molecule has 1 aromatic heterocycles. The van der Waals surface area contributed by atoms with Crippen LogP contribution in [0.1, 0.15) is 41.9 Å². The van der Waals surface area contributed by atoms with Crippen LogP contribution in [0.3, 0.4) is 0 Å². The Hall–Kier alpha value is -2.56. The van der Waals surface area contributed by atoms with Crippen molar-refractivity contribution in [2.24, 2.45) is 0 Å². The number of aromatic nitrogens is 1. The molecular weight excluding hydrogens is 336 g/mol. The van der Waals surface area contributed by atoms with E-state index in [0.29, 0.717) is 5.69 Å². The molecular formula is C22H30N4O. The standard InChI is InChI=1S/C22H30N4O/c1-5-17(3)24-22(27)20-15-19(9-10-23-20)25-11-13-26(14-12-25)21-8-6-7-16(2)18(21)4/h6-10,15,17H,5,11-14H2,1-4H3,(H,24,27). The van der Waals surface area contributed by atoms with Crippen molar-refractivity contribution in [1.29, 1.82) is 0 Å². The van der Waals surface area contributed by atoms with Crippen LogP contribution in [-0.4, -0.2) is 43.1 Å². The molecule has 1 atom stereocenters. The Morgan fingerprint density at radius 1 is 1.15 bits per heavy atom. The van der Waals surface area contributed by atoms with Crippen molar-refractivity contribution in [2.75, 3.05) is 36.0 Å². The molecule has 0 spiro atoms. The number of carbonyl (C=O) groups is 1. The van der Waals surface area contributed by atoms with Gasteiger partial charge in [-0.25, -0.2) is 0 Å². The number of benzene rings is 1. The number of nitrogens with one attached hydrogen (secondary N) is 1. The normalized spacial score (nSPS) is 15.6. The molecule has 0 bridgehead atoms. The largest absolute Gasteiger partial charge is 0.368 e. The average Bonchev–Trinajstić information content (AvgIpc) is 2.70. The fourth-order valence-corrected chi connectivity index (χ4v) is 3.42. The Kier molecular flexibility index (Phi) is 5.99. The van der Waals surface area contributed by atoms with Crippen LogP contribution < -0.4 is 15.1 Å². The summed E-state index contributed by atoms with van der Waals surface area (Å²) in [6, 6.07) is 10.6. The maximum atomic E-state index is 12.4. The first-order valence-electron chi connectivity index (χ1n) is 9.82. The van der Waals surface area contributed by atoms with E-state index in [1.807, 2.05) is 19.1 Å². The van der Waals surface area contributed by atoms with Gasteiger partial charge in [-0.1, -0.05) is 19.1 Å². The molecule has 5 nitrogen and oxygen atoms in total. The minimum absolute atomic E-state index is 0.0970. The Morgan fingerprint density at radius 3 is 2.56 bits per heavy atom. The van der Waals surface area contributed by atoms with E-state index in [-0.39, 0.29) is 11.9 Å². The number of rotatable bonds is 5. The first kappa shape index (κ1) is 19.2. The maximum absolute atomic E-state index is 12.4. The topological polar surface area (TPSA) is 48.5 Å². The smallest absolute Gasteiger partial charge is 0.270 e. The van der Waals surface area contributed by atoms with Crippen molar-refractivity contribution in [3.05, 3.63) is 53.3 Å². The van der Waals surface area contributed by atoms with Crippen LogP contribution in [0.25, 0.3) is 0 Å². The number of amides is 1. The van der Waals surface area contributed by atoms with Crippen LogP contribution in [-0.2, 0) is 0 Å². The minimum Gasteiger partial charge on any atom is -0.368 e. The third-order valence-electron chi connectivity index (χ3n) is 5.53. The third kappa shape index (κ3) is 4.41. The third-order valence-corrected chi connectivity index (χ3v) is 5.53. The summed E-state index contributed by atoms with van der Waals surface area (Å²) in [4.78, 5) is 21.4. The second-order valence-electron chi connectivity index (χ2n) is 7.38. The zero-order chi connectivity index (χ0) is 19.4. The van der Waals surface area contributed by atoms with Crippen molar-refractivity contribution in [1.82, 2.24) is 10.3 Å². The number of hydrogen-bond donors (Lipinski definition) is 1. The SMILES string of the molecule is CCC(C)NC(=O)c1cc(N2CCN(c3cccc(C)c3C)CC2)ccn1. The fourth-order valence-electron chi connectivity index (χ4n) is 3.42. The predicted molar refractivity (Wildman–Crippen MR) is 112 cm³/mol. The van der Waals surface area contributed by atoms with Crippen LogP contribution in [0.15, 0.2) is 36.5 Å². The highest BCUT2D eigenvalue weighted by atomic mass is 16.1. The van der Waals surface area contributed by atoms with Crippen molar-refractivity contribution in [2.45, 2.75) is 40.2 Å². The van der Waals surface area contributed by atoms with Crippen molar-refractivity contribution in [3.8, 4) is 0 Å². The van der Waals surface area contributed by atoms with E-state index >= 15 is 0 Å². The van der Waals surface area contributed by atoms with Gasteiger partial charge < -0.3 is 15.1 Å². The molecule has 1 saturated heterocycles. The van der Waals surface area contributed by atoms with E-state index < -0.39 is 0 Å². The molecule has 1 N–H and O–H groups in total. The van der Waals surface area contributed by atoms with Crippen LogP contribution in [0.2, 0.25) is 0 Å². The van der Waals surface area contributed by atoms with E-state index in [0.717, 1.165) is 38.3 Å². The average molecular weight is 367 g/mol. The second kappa shape index (κ2) is 8.42. The lowest BCUT2D eigenvalue weighted by molar-refractivity contribution is 0.0934. The highest BCUT2D eigenvalue weighted by molar-refractivity contribution is 5.93. The zero-order valence-electron chi connectivity index (χ0n) is 16.8. The number of aryl methyl sites for hydroxylation is 1.